The molecule has 0 saturated heterocycles. The van der Waals surface area contributed by atoms with Crippen molar-refractivity contribution in [3.05, 3.63) is 52.9 Å². The molecule has 2 aromatic heterocycles. The van der Waals surface area contributed by atoms with Crippen LogP contribution in [-0.4, -0.2) is 15.0 Å². The summed E-state index contributed by atoms with van der Waals surface area (Å²) in [6, 6.07) is 9.31. The summed E-state index contributed by atoms with van der Waals surface area (Å²) in [5.41, 5.74) is 2.76. The van der Waals surface area contributed by atoms with Gasteiger partial charge in [-0.2, -0.15) is 0 Å². The molecule has 3 rings (SSSR count). The Morgan fingerprint density at radius 1 is 1.26 bits per heavy atom. The maximum Gasteiger partial charge on any atom is 0.178 e. The Kier molecular flexibility index (Phi) is 3.09. The van der Waals surface area contributed by atoms with Crippen LogP contribution in [0.2, 0.25) is 5.02 Å². The molecule has 0 aliphatic heterocycles. The molecule has 0 fully saturated rings. The Labute approximate surface area is 115 Å². The molecular formula is C14H12ClN3O. The lowest BCUT2D eigenvalue weighted by atomic mass is 10.3. The summed E-state index contributed by atoms with van der Waals surface area (Å²) in [5, 5.41) is 0.591. The number of H-pyrrole nitrogens is 1. The van der Waals surface area contributed by atoms with Gasteiger partial charge in [-0.25, -0.2) is 9.97 Å². The Hall–Kier alpha value is -2.07. The van der Waals surface area contributed by atoms with Gasteiger partial charge in [-0.15, -0.1) is 0 Å². The molecule has 0 aliphatic rings. The van der Waals surface area contributed by atoms with Gasteiger partial charge in [0.25, 0.3) is 0 Å². The molecule has 5 heteroatoms. The van der Waals surface area contributed by atoms with Gasteiger partial charge in [-0.1, -0.05) is 23.7 Å². The average molecular weight is 274 g/mol. The zero-order chi connectivity index (χ0) is 13.2. The Morgan fingerprint density at radius 2 is 2.11 bits per heavy atom. The summed E-state index contributed by atoms with van der Waals surface area (Å²) in [7, 11) is 0. The molecule has 0 spiro atoms. The van der Waals surface area contributed by atoms with Crippen molar-refractivity contribution in [2.75, 3.05) is 0 Å². The molecule has 0 radical (unpaired) electrons. The first-order chi connectivity index (χ1) is 9.24. The Balaban J connectivity index is 1.83. The SMILES string of the molecule is Cc1ccnc2nc(COc3ccccc3Cl)[nH]c12. The summed E-state index contributed by atoms with van der Waals surface area (Å²) in [4.78, 5) is 11.8. The molecule has 96 valence electrons. The number of fused-ring (bicyclic) bond motifs is 1. The number of halogens is 1. The van der Waals surface area contributed by atoms with Gasteiger partial charge in [0.05, 0.1) is 10.5 Å². The maximum absolute atomic E-state index is 6.03. The highest BCUT2D eigenvalue weighted by Gasteiger charge is 2.07. The van der Waals surface area contributed by atoms with E-state index in [1.807, 2.05) is 31.2 Å². The van der Waals surface area contributed by atoms with E-state index in [0.717, 1.165) is 16.9 Å². The average Bonchev–Trinajstić information content (AvgIpc) is 2.82. The lowest BCUT2D eigenvalue weighted by Gasteiger charge is -2.05. The molecule has 3 aromatic rings. The van der Waals surface area contributed by atoms with E-state index in [4.69, 9.17) is 16.3 Å². The molecule has 1 aromatic carbocycles. The van der Waals surface area contributed by atoms with Crippen LogP contribution in [-0.2, 0) is 6.61 Å². The number of ether oxygens (including phenoxy) is 1. The van der Waals surface area contributed by atoms with Crippen LogP contribution in [0.5, 0.6) is 5.75 Å². The van der Waals surface area contributed by atoms with Gasteiger partial charge in [-0.05, 0) is 30.7 Å². The van der Waals surface area contributed by atoms with Crippen molar-refractivity contribution in [1.29, 1.82) is 0 Å². The van der Waals surface area contributed by atoms with Crippen molar-refractivity contribution in [3.8, 4) is 5.75 Å². The van der Waals surface area contributed by atoms with E-state index >= 15 is 0 Å². The van der Waals surface area contributed by atoms with Crippen LogP contribution in [0.1, 0.15) is 11.4 Å². The fraction of sp³-hybridized carbons (Fsp3) is 0.143. The number of benzene rings is 1. The van der Waals surface area contributed by atoms with E-state index in [2.05, 4.69) is 15.0 Å². The highest BCUT2D eigenvalue weighted by atomic mass is 35.5. The number of nitrogens with one attached hydrogen (secondary N) is 1. The van der Waals surface area contributed by atoms with Crippen molar-refractivity contribution >= 4 is 22.8 Å². The second kappa shape index (κ2) is 4.90. The van der Waals surface area contributed by atoms with Gasteiger partial charge in [0.15, 0.2) is 5.65 Å². The second-order valence-corrected chi connectivity index (χ2v) is 4.64. The van der Waals surface area contributed by atoms with Crippen LogP contribution < -0.4 is 4.74 Å². The number of imidazole rings is 1. The van der Waals surface area contributed by atoms with Gasteiger partial charge in [0, 0.05) is 6.20 Å². The molecule has 0 atom stereocenters. The summed E-state index contributed by atoms with van der Waals surface area (Å²) in [6.45, 7) is 2.35. The molecule has 0 saturated carbocycles. The molecule has 0 unspecified atom stereocenters. The minimum atomic E-state index is 0.333. The van der Waals surface area contributed by atoms with Gasteiger partial charge < -0.3 is 9.72 Å². The quantitative estimate of drug-likeness (QED) is 0.795. The van der Waals surface area contributed by atoms with Crippen LogP contribution in [0.4, 0.5) is 0 Å². The first-order valence-electron chi connectivity index (χ1n) is 5.91. The van der Waals surface area contributed by atoms with E-state index in [0.29, 0.717) is 23.0 Å². The number of aromatic amines is 1. The molecular weight excluding hydrogens is 262 g/mol. The number of rotatable bonds is 3. The fourth-order valence-electron chi connectivity index (χ4n) is 1.86. The topological polar surface area (TPSA) is 50.8 Å². The van der Waals surface area contributed by atoms with Gasteiger partial charge in [0.2, 0.25) is 0 Å². The van der Waals surface area contributed by atoms with Crippen molar-refractivity contribution in [2.24, 2.45) is 0 Å². The Morgan fingerprint density at radius 3 is 2.89 bits per heavy atom. The number of aromatic nitrogens is 3. The predicted octanol–water partition coefficient (Wildman–Crippen LogP) is 3.50. The fourth-order valence-corrected chi connectivity index (χ4v) is 2.05. The minimum Gasteiger partial charge on any atom is -0.484 e. The predicted molar refractivity (Wildman–Crippen MR) is 74.4 cm³/mol. The summed E-state index contributed by atoms with van der Waals surface area (Å²) in [6.07, 6.45) is 1.75. The van der Waals surface area contributed by atoms with Crippen molar-refractivity contribution in [2.45, 2.75) is 13.5 Å². The summed E-state index contributed by atoms with van der Waals surface area (Å²) >= 11 is 6.03. The molecule has 0 bridgehead atoms. The van der Waals surface area contributed by atoms with E-state index < -0.39 is 0 Å². The van der Waals surface area contributed by atoms with Gasteiger partial charge in [-0.3, -0.25) is 0 Å². The molecule has 19 heavy (non-hydrogen) atoms. The maximum atomic E-state index is 6.03. The van der Waals surface area contributed by atoms with Gasteiger partial charge >= 0.3 is 0 Å². The second-order valence-electron chi connectivity index (χ2n) is 4.23. The largest absolute Gasteiger partial charge is 0.484 e. The third-order valence-electron chi connectivity index (χ3n) is 2.85. The first kappa shape index (κ1) is 12.0. The van der Waals surface area contributed by atoms with E-state index in [1.54, 1.807) is 12.3 Å². The van der Waals surface area contributed by atoms with Crippen LogP contribution in [0, 0.1) is 6.92 Å². The number of para-hydroxylation sites is 1. The number of pyridine rings is 1. The highest BCUT2D eigenvalue weighted by Crippen LogP contribution is 2.24. The van der Waals surface area contributed by atoms with E-state index in [-0.39, 0.29) is 0 Å². The third-order valence-corrected chi connectivity index (χ3v) is 3.16. The van der Waals surface area contributed by atoms with Crippen LogP contribution >= 0.6 is 11.6 Å². The summed E-state index contributed by atoms with van der Waals surface area (Å²) < 4.78 is 5.64. The summed E-state index contributed by atoms with van der Waals surface area (Å²) in [5.74, 6) is 1.38. The van der Waals surface area contributed by atoms with Crippen molar-refractivity contribution in [3.63, 3.8) is 0 Å². The normalized spacial score (nSPS) is 10.8. The number of hydrogen-bond donors (Lipinski definition) is 1. The monoisotopic (exact) mass is 273 g/mol. The Bertz CT molecular complexity index is 724. The van der Waals surface area contributed by atoms with Crippen LogP contribution in [0.15, 0.2) is 36.5 Å². The smallest absolute Gasteiger partial charge is 0.178 e. The lowest BCUT2D eigenvalue weighted by molar-refractivity contribution is 0.297. The number of nitrogens with zero attached hydrogens (tertiary/aromatic N) is 2. The molecule has 1 N–H and O–H groups in total. The molecule has 2 heterocycles. The third kappa shape index (κ3) is 2.39. The van der Waals surface area contributed by atoms with E-state index in [9.17, 15) is 0 Å². The molecule has 4 nitrogen and oxygen atoms in total. The van der Waals surface area contributed by atoms with Gasteiger partial charge in [0.1, 0.15) is 18.2 Å². The standard InChI is InChI=1S/C14H12ClN3O/c1-9-6-7-16-14-13(9)17-12(18-14)8-19-11-5-3-2-4-10(11)15/h2-7H,8H2,1H3,(H,16,17,18). The van der Waals surface area contributed by atoms with Crippen molar-refractivity contribution < 1.29 is 4.74 Å². The van der Waals surface area contributed by atoms with Crippen LogP contribution in [0.25, 0.3) is 11.2 Å². The molecule has 0 amide bonds. The number of hydrogen-bond acceptors (Lipinski definition) is 3. The first-order valence-corrected chi connectivity index (χ1v) is 6.29. The van der Waals surface area contributed by atoms with Crippen molar-refractivity contribution in [1.82, 2.24) is 15.0 Å². The minimum absolute atomic E-state index is 0.333. The molecule has 0 aliphatic carbocycles. The lowest BCUT2D eigenvalue weighted by Crippen LogP contribution is -1.97. The van der Waals surface area contributed by atoms with Crippen LogP contribution in [0.3, 0.4) is 0 Å². The zero-order valence-corrected chi connectivity index (χ0v) is 11.1. The highest BCUT2D eigenvalue weighted by molar-refractivity contribution is 6.32. The zero-order valence-electron chi connectivity index (χ0n) is 10.4. The number of aryl methyl sites for hydroxylation is 1. The van der Waals surface area contributed by atoms with E-state index in [1.165, 1.54) is 0 Å².